The normalized spacial score (nSPS) is 22.0. The molecule has 0 aromatic carbocycles. The average Bonchev–Trinajstić information content (AvgIpc) is 2.44. The van der Waals surface area contributed by atoms with E-state index in [1.54, 1.807) is 0 Å². The molecule has 4 heteroatoms. The van der Waals surface area contributed by atoms with E-state index in [2.05, 4.69) is 5.92 Å². The van der Waals surface area contributed by atoms with Crippen LogP contribution in [0.25, 0.3) is 0 Å². The molecule has 0 spiro atoms. The predicted octanol–water partition coefficient (Wildman–Crippen LogP) is 0.575. The number of ether oxygens (including phenoxy) is 1. The summed E-state index contributed by atoms with van der Waals surface area (Å²) in [5.74, 6) is 1.69. The lowest BCUT2D eigenvalue weighted by molar-refractivity contribution is -0.138. The van der Waals surface area contributed by atoms with Gasteiger partial charge in [-0.3, -0.25) is 9.69 Å². The molecule has 15 heavy (non-hydrogen) atoms. The summed E-state index contributed by atoms with van der Waals surface area (Å²) in [7, 11) is 0. The van der Waals surface area contributed by atoms with E-state index in [1.807, 2.05) is 4.90 Å². The van der Waals surface area contributed by atoms with Gasteiger partial charge in [-0.25, -0.2) is 0 Å². The number of terminal acetylenes is 1. The van der Waals surface area contributed by atoms with Crippen LogP contribution in [0.15, 0.2) is 0 Å². The Labute approximate surface area is 90.2 Å². The Kier molecular flexibility index (Phi) is 5.16. The first-order chi connectivity index (χ1) is 7.24. The smallest absolute Gasteiger partial charge is 0.317 e. The van der Waals surface area contributed by atoms with Gasteiger partial charge in [0.25, 0.3) is 0 Å². The maximum absolute atomic E-state index is 10.7. The van der Waals surface area contributed by atoms with E-state index in [0.29, 0.717) is 13.2 Å². The molecular weight excluding hydrogens is 194 g/mol. The predicted molar refractivity (Wildman–Crippen MR) is 56.5 cm³/mol. The number of carboxylic acid groups (broad SMARTS) is 1. The highest BCUT2D eigenvalue weighted by molar-refractivity contribution is 5.69. The lowest BCUT2D eigenvalue weighted by Crippen LogP contribution is -2.39. The molecule has 1 aliphatic rings. The second-order valence-corrected chi connectivity index (χ2v) is 3.70. The number of hydrogen-bond donors (Lipinski definition) is 1. The van der Waals surface area contributed by atoms with Gasteiger partial charge in [0.05, 0.1) is 13.1 Å². The zero-order chi connectivity index (χ0) is 11.1. The summed E-state index contributed by atoms with van der Waals surface area (Å²) in [6.45, 7) is 1.89. The number of nitrogens with zero attached hydrogens (tertiary/aromatic N) is 1. The van der Waals surface area contributed by atoms with Gasteiger partial charge in [-0.1, -0.05) is 5.92 Å². The molecule has 1 fully saturated rings. The lowest BCUT2D eigenvalue weighted by Gasteiger charge is -2.27. The summed E-state index contributed by atoms with van der Waals surface area (Å²) in [5.41, 5.74) is 0. The van der Waals surface area contributed by atoms with Crippen molar-refractivity contribution >= 4 is 5.97 Å². The molecule has 4 nitrogen and oxygen atoms in total. The van der Waals surface area contributed by atoms with Gasteiger partial charge in [0.1, 0.15) is 0 Å². The van der Waals surface area contributed by atoms with Crippen LogP contribution in [0.2, 0.25) is 0 Å². The molecule has 1 heterocycles. The Morgan fingerprint density at radius 2 is 2.33 bits per heavy atom. The fourth-order valence-electron chi connectivity index (χ4n) is 1.86. The van der Waals surface area contributed by atoms with Crippen molar-refractivity contribution < 1.29 is 14.6 Å². The maximum Gasteiger partial charge on any atom is 0.317 e. The van der Waals surface area contributed by atoms with E-state index < -0.39 is 5.97 Å². The molecule has 0 aliphatic carbocycles. The van der Waals surface area contributed by atoms with E-state index >= 15 is 0 Å². The minimum Gasteiger partial charge on any atom is -0.480 e. The number of rotatable bonds is 4. The molecule has 0 radical (unpaired) electrons. The molecule has 1 N–H and O–H groups in total. The molecule has 1 atom stereocenters. The van der Waals surface area contributed by atoms with E-state index in [1.165, 1.54) is 0 Å². The third kappa shape index (κ3) is 4.32. The van der Waals surface area contributed by atoms with Crippen LogP contribution in [-0.4, -0.2) is 48.3 Å². The molecule has 1 aliphatic heterocycles. The zero-order valence-corrected chi connectivity index (χ0v) is 8.82. The van der Waals surface area contributed by atoms with E-state index in [9.17, 15) is 4.79 Å². The molecule has 1 unspecified atom stereocenters. The second kappa shape index (κ2) is 6.44. The first kappa shape index (κ1) is 12.0. The van der Waals surface area contributed by atoms with Crippen LogP contribution in [-0.2, 0) is 9.53 Å². The third-order valence-electron chi connectivity index (χ3n) is 2.57. The number of carboxylic acids is 1. The highest BCUT2D eigenvalue weighted by atomic mass is 16.5. The van der Waals surface area contributed by atoms with E-state index in [0.717, 1.165) is 25.9 Å². The Morgan fingerprint density at radius 3 is 3.00 bits per heavy atom. The van der Waals surface area contributed by atoms with Crippen molar-refractivity contribution in [3.63, 3.8) is 0 Å². The standard InChI is InChI=1S/C11H17NO3/c1-2-6-12(9-11(13)14)10-4-3-7-15-8-5-10/h1,10H,3-9H2,(H,13,14). The van der Waals surface area contributed by atoms with Crippen LogP contribution in [0, 0.1) is 12.3 Å². The molecular formula is C11H17NO3. The van der Waals surface area contributed by atoms with E-state index in [-0.39, 0.29) is 12.6 Å². The Bertz CT molecular complexity index is 239. The maximum atomic E-state index is 10.7. The molecule has 84 valence electrons. The molecule has 0 aromatic heterocycles. The fourth-order valence-corrected chi connectivity index (χ4v) is 1.86. The van der Waals surface area contributed by atoms with Crippen molar-refractivity contribution in [1.82, 2.24) is 4.90 Å². The van der Waals surface area contributed by atoms with Gasteiger partial charge < -0.3 is 9.84 Å². The molecule has 0 saturated carbocycles. The molecule has 0 bridgehead atoms. The van der Waals surface area contributed by atoms with Crippen molar-refractivity contribution in [2.75, 3.05) is 26.3 Å². The minimum absolute atomic E-state index is 0.0227. The fraction of sp³-hybridized carbons (Fsp3) is 0.727. The monoisotopic (exact) mass is 211 g/mol. The molecule has 1 saturated heterocycles. The third-order valence-corrected chi connectivity index (χ3v) is 2.57. The topological polar surface area (TPSA) is 49.8 Å². The number of hydrogen-bond acceptors (Lipinski definition) is 3. The van der Waals surface area contributed by atoms with Gasteiger partial charge in [-0.2, -0.15) is 0 Å². The van der Waals surface area contributed by atoms with Gasteiger partial charge in [0.15, 0.2) is 0 Å². The van der Waals surface area contributed by atoms with Crippen LogP contribution in [0.4, 0.5) is 0 Å². The van der Waals surface area contributed by atoms with Crippen molar-refractivity contribution in [2.24, 2.45) is 0 Å². The van der Waals surface area contributed by atoms with Crippen LogP contribution in [0.3, 0.4) is 0 Å². The van der Waals surface area contributed by atoms with Crippen LogP contribution < -0.4 is 0 Å². The van der Waals surface area contributed by atoms with Gasteiger partial charge in [-0.15, -0.1) is 6.42 Å². The Morgan fingerprint density at radius 1 is 1.53 bits per heavy atom. The highest BCUT2D eigenvalue weighted by Gasteiger charge is 2.21. The van der Waals surface area contributed by atoms with Crippen molar-refractivity contribution in [1.29, 1.82) is 0 Å². The number of carbonyl (C=O) groups is 1. The molecule has 1 rings (SSSR count). The average molecular weight is 211 g/mol. The van der Waals surface area contributed by atoms with E-state index in [4.69, 9.17) is 16.3 Å². The highest BCUT2D eigenvalue weighted by Crippen LogP contribution is 2.14. The summed E-state index contributed by atoms with van der Waals surface area (Å²) < 4.78 is 5.33. The van der Waals surface area contributed by atoms with Crippen LogP contribution >= 0.6 is 0 Å². The van der Waals surface area contributed by atoms with Gasteiger partial charge in [-0.05, 0) is 19.3 Å². The largest absolute Gasteiger partial charge is 0.480 e. The molecule has 0 amide bonds. The summed E-state index contributed by atoms with van der Waals surface area (Å²) in [6, 6.07) is 0.250. The van der Waals surface area contributed by atoms with Crippen molar-refractivity contribution in [2.45, 2.75) is 25.3 Å². The van der Waals surface area contributed by atoms with Gasteiger partial charge >= 0.3 is 5.97 Å². The van der Waals surface area contributed by atoms with Crippen molar-refractivity contribution in [3.05, 3.63) is 0 Å². The Hall–Kier alpha value is -1.05. The van der Waals surface area contributed by atoms with Crippen molar-refractivity contribution in [3.8, 4) is 12.3 Å². The Balaban J connectivity index is 2.52. The van der Waals surface area contributed by atoms with Crippen LogP contribution in [0.1, 0.15) is 19.3 Å². The quantitative estimate of drug-likeness (QED) is 0.691. The summed E-state index contributed by atoms with van der Waals surface area (Å²) in [4.78, 5) is 12.5. The first-order valence-electron chi connectivity index (χ1n) is 5.21. The number of aliphatic carboxylic acids is 1. The summed E-state index contributed by atoms with van der Waals surface area (Å²) in [6.07, 6.45) is 8.05. The molecule has 0 aromatic rings. The van der Waals surface area contributed by atoms with Gasteiger partial charge in [0.2, 0.25) is 0 Å². The SMILES string of the molecule is C#CCN(CC(=O)O)C1CCCOCC1. The lowest BCUT2D eigenvalue weighted by atomic mass is 10.1. The minimum atomic E-state index is -0.824. The first-order valence-corrected chi connectivity index (χ1v) is 5.21. The second-order valence-electron chi connectivity index (χ2n) is 3.70. The zero-order valence-electron chi connectivity index (χ0n) is 8.82. The summed E-state index contributed by atoms with van der Waals surface area (Å²) in [5, 5.41) is 8.77. The van der Waals surface area contributed by atoms with Gasteiger partial charge in [0, 0.05) is 19.3 Å². The van der Waals surface area contributed by atoms with Crippen LogP contribution in [0.5, 0.6) is 0 Å². The summed E-state index contributed by atoms with van der Waals surface area (Å²) >= 11 is 0.